The molecule has 136 valence electrons. The minimum absolute atomic E-state index is 0.176. The van der Waals surface area contributed by atoms with E-state index in [-0.39, 0.29) is 11.7 Å². The van der Waals surface area contributed by atoms with Crippen molar-refractivity contribution in [1.29, 1.82) is 5.26 Å². The molecule has 1 aromatic heterocycles. The maximum Gasteiger partial charge on any atom is 0.234 e. The van der Waals surface area contributed by atoms with Crippen LogP contribution in [0.5, 0.6) is 5.75 Å². The zero-order chi connectivity index (χ0) is 19.1. The summed E-state index contributed by atoms with van der Waals surface area (Å²) in [5, 5.41) is 23.6. The summed E-state index contributed by atoms with van der Waals surface area (Å²) in [6.45, 7) is 0. The van der Waals surface area contributed by atoms with E-state index in [1.807, 2.05) is 30.3 Å². The highest BCUT2D eigenvalue weighted by Gasteiger charge is 2.10. The van der Waals surface area contributed by atoms with Crippen molar-refractivity contribution >= 4 is 45.5 Å². The number of benzene rings is 2. The molecule has 0 aliphatic heterocycles. The van der Waals surface area contributed by atoms with Crippen molar-refractivity contribution in [2.24, 2.45) is 0 Å². The topological polar surface area (TPSA) is 99.9 Å². The van der Waals surface area contributed by atoms with Crippen LogP contribution in [0.25, 0.3) is 0 Å². The number of carbonyl (C=O) groups is 1. The van der Waals surface area contributed by atoms with Gasteiger partial charge in [-0.3, -0.25) is 4.79 Å². The van der Waals surface area contributed by atoms with Crippen LogP contribution in [0.1, 0.15) is 5.56 Å². The first kappa shape index (κ1) is 18.7. The van der Waals surface area contributed by atoms with Crippen LogP contribution in [0.4, 0.5) is 16.5 Å². The van der Waals surface area contributed by atoms with Crippen molar-refractivity contribution in [2.75, 3.05) is 23.5 Å². The van der Waals surface area contributed by atoms with Gasteiger partial charge >= 0.3 is 0 Å². The standard InChI is InChI=1S/C18H15N5O2S2/c1-25-15-8-3-2-7-14(15)21-17-22-23-18(27-17)26-11-16(24)20-13-6-4-5-12(9-13)10-19/h2-9H,11H2,1H3,(H,20,24)(H,21,22). The fourth-order valence-electron chi connectivity index (χ4n) is 2.17. The number of nitriles is 1. The van der Waals surface area contributed by atoms with E-state index in [4.69, 9.17) is 10.00 Å². The molecule has 27 heavy (non-hydrogen) atoms. The Bertz CT molecular complexity index is 984. The third-order valence-corrected chi connectivity index (χ3v) is 5.33. The predicted molar refractivity (Wildman–Crippen MR) is 107 cm³/mol. The van der Waals surface area contributed by atoms with Crippen molar-refractivity contribution in [3.05, 3.63) is 54.1 Å². The minimum atomic E-state index is -0.176. The molecule has 0 aliphatic carbocycles. The van der Waals surface area contributed by atoms with Gasteiger partial charge in [0.25, 0.3) is 0 Å². The molecule has 7 nitrogen and oxygen atoms in total. The SMILES string of the molecule is COc1ccccc1Nc1nnc(SCC(=O)Nc2cccc(C#N)c2)s1. The van der Waals surface area contributed by atoms with Gasteiger partial charge in [0.15, 0.2) is 4.34 Å². The van der Waals surface area contributed by atoms with Crippen LogP contribution in [0.15, 0.2) is 52.9 Å². The summed E-state index contributed by atoms with van der Waals surface area (Å²) in [6.07, 6.45) is 0. The number of para-hydroxylation sites is 2. The number of aromatic nitrogens is 2. The minimum Gasteiger partial charge on any atom is -0.495 e. The van der Waals surface area contributed by atoms with E-state index in [1.54, 1.807) is 31.4 Å². The lowest BCUT2D eigenvalue weighted by atomic mass is 10.2. The molecule has 0 saturated carbocycles. The molecule has 2 aromatic carbocycles. The van der Waals surface area contributed by atoms with Crippen molar-refractivity contribution in [1.82, 2.24) is 10.2 Å². The number of ether oxygens (including phenoxy) is 1. The van der Waals surface area contributed by atoms with Crippen LogP contribution in [0, 0.1) is 11.3 Å². The number of amides is 1. The summed E-state index contributed by atoms with van der Waals surface area (Å²) >= 11 is 2.65. The van der Waals surface area contributed by atoms with Crippen LogP contribution >= 0.6 is 23.1 Å². The van der Waals surface area contributed by atoms with Crippen LogP contribution in [0.3, 0.4) is 0 Å². The maximum atomic E-state index is 12.1. The molecule has 0 unspecified atom stereocenters. The predicted octanol–water partition coefficient (Wildman–Crippen LogP) is 3.89. The molecular formula is C18H15N5O2S2. The van der Waals surface area contributed by atoms with E-state index in [9.17, 15) is 4.79 Å². The second kappa shape index (κ2) is 9.02. The molecule has 1 heterocycles. The van der Waals surface area contributed by atoms with Gasteiger partial charge < -0.3 is 15.4 Å². The number of anilines is 3. The van der Waals surface area contributed by atoms with E-state index in [0.29, 0.717) is 26.5 Å². The summed E-state index contributed by atoms with van der Waals surface area (Å²) < 4.78 is 5.97. The molecule has 0 saturated heterocycles. The lowest BCUT2D eigenvalue weighted by Crippen LogP contribution is -2.13. The van der Waals surface area contributed by atoms with Crippen molar-refractivity contribution in [2.45, 2.75) is 4.34 Å². The fraction of sp³-hybridized carbons (Fsp3) is 0.111. The third kappa shape index (κ3) is 5.20. The molecule has 0 bridgehead atoms. The number of carbonyl (C=O) groups excluding carboxylic acids is 1. The highest BCUT2D eigenvalue weighted by molar-refractivity contribution is 8.01. The fourth-order valence-corrected chi connectivity index (χ4v) is 3.74. The molecule has 0 atom stereocenters. The van der Waals surface area contributed by atoms with Gasteiger partial charge in [-0.05, 0) is 30.3 Å². The van der Waals surface area contributed by atoms with Gasteiger partial charge in [0.1, 0.15) is 5.75 Å². The molecule has 3 aromatic rings. The summed E-state index contributed by atoms with van der Waals surface area (Å²) in [7, 11) is 1.60. The molecule has 0 fully saturated rings. The smallest absolute Gasteiger partial charge is 0.234 e. The normalized spacial score (nSPS) is 10.1. The van der Waals surface area contributed by atoms with Crippen molar-refractivity contribution in [3.8, 4) is 11.8 Å². The monoisotopic (exact) mass is 397 g/mol. The molecule has 3 rings (SSSR count). The third-order valence-electron chi connectivity index (χ3n) is 3.36. The van der Waals surface area contributed by atoms with Gasteiger partial charge in [0.2, 0.25) is 11.0 Å². The second-order valence-corrected chi connectivity index (χ2v) is 7.43. The average molecular weight is 397 g/mol. The van der Waals surface area contributed by atoms with Crippen molar-refractivity contribution in [3.63, 3.8) is 0 Å². The van der Waals surface area contributed by atoms with Gasteiger partial charge in [-0.15, -0.1) is 10.2 Å². The van der Waals surface area contributed by atoms with E-state index in [0.717, 1.165) is 5.69 Å². The summed E-state index contributed by atoms with van der Waals surface area (Å²) in [5.41, 5.74) is 1.88. The van der Waals surface area contributed by atoms with Gasteiger partial charge in [0, 0.05) is 5.69 Å². The number of rotatable bonds is 7. The quantitative estimate of drug-likeness (QED) is 0.583. The number of hydrogen-bond acceptors (Lipinski definition) is 8. The van der Waals surface area contributed by atoms with Crippen LogP contribution in [0.2, 0.25) is 0 Å². The van der Waals surface area contributed by atoms with E-state index in [1.165, 1.54) is 23.1 Å². The van der Waals surface area contributed by atoms with Gasteiger partial charge in [-0.1, -0.05) is 41.3 Å². The lowest BCUT2D eigenvalue weighted by Gasteiger charge is -2.07. The molecule has 0 aliphatic rings. The zero-order valence-electron chi connectivity index (χ0n) is 14.3. The van der Waals surface area contributed by atoms with E-state index >= 15 is 0 Å². The van der Waals surface area contributed by atoms with Crippen molar-refractivity contribution < 1.29 is 9.53 Å². The zero-order valence-corrected chi connectivity index (χ0v) is 15.9. The van der Waals surface area contributed by atoms with E-state index in [2.05, 4.69) is 20.8 Å². The lowest BCUT2D eigenvalue weighted by molar-refractivity contribution is -0.113. The molecular weight excluding hydrogens is 382 g/mol. The number of nitrogens with one attached hydrogen (secondary N) is 2. The highest BCUT2D eigenvalue weighted by Crippen LogP contribution is 2.31. The molecule has 2 N–H and O–H groups in total. The summed E-state index contributed by atoms with van der Waals surface area (Å²) in [5.74, 6) is 0.727. The Morgan fingerprint density at radius 1 is 1.26 bits per heavy atom. The first-order chi connectivity index (χ1) is 13.2. The Labute approximate surface area is 164 Å². The molecule has 9 heteroatoms. The number of thioether (sulfide) groups is 1. The Morgan fingerprint density at radius 2 is 2.11 bits per heavy atom. The Kier molecular flexibility index (Phi) is 6.25. The van der Waals surface area contributed by atoms with Crippen LogP contribution < -0.4 is 15.4 Å². The summed E-state index contributed by atoms with van der Waals surface area (Å²) in [4.78, 5) is 12.1. The second-order valence-electron chi connectivity index (χ2n) is 5.23. The molecule has 0 radical (unpaired) electrons. The van der Waals surface area contributed by atoms with Crippen LogP contribution in [-0.4, -0.2) is 29.0 Å². The Balaban J connectivity index is 1.54. The highest BCUT2D eigenvalue weighted by atomic mass is 32.2. The van der Waals surface area contributed by atoms with Gasteiger partial charge in [0.05, 0.1) is 30.2 Å². The van der Waals surface area contributed by atoms with Gasteiger partial charge in [-0.2, -0.15) is 5.26 Å². The summed E-state index contributed by atoms with van der Waals surface area (Å²) in [6, 6.07) is 16.3. The van der Waals surface area contributed by atoms with Gasteiger partial charge in [-0.25, -0.2) is 0 Å². The first-order valence-corrected chi connectivity index (χ1v) is 9.64. The Morgan fingerprint density at radius 3 is 2.93 bits per heavy atom. The van der Waals surface area contributed by atoms with E-state index < -0.39 is 0 Å². The molecule has 1 amide bonds. The first-order valence-electron chi connectivity index (χ1n) is 7.84. The molecule has 0 spiro atoms. The number of hydrogen-bond donors (Lipinski definition) is 2. The number of methoxy groups -OCH3 is 1. The maximum absolute atomic E-state index is 12.1. The number of nitrogens with zero attached hydrogens (tertiary/aromatic N) is 3. The Hall–Kier alpha value is -3.09. The largest absolute Gasteiger partial charge is 0.495 e. The average Bonchev–Trinajstić information content (AvgIpc) is 3.14. The van der Waals surface area contributed by atoms with Crippen LogP contribution in [-0.2, 0) is 4.79 Å².